The molecule has 3 rings (SSSR count). The van der Waals surface area contributed by atoms with Crippen LogP contribution in [0.2, 0.25) is 0 Å². The van der Waals surface area contributed by atoms with E-state index in [1.807, 2.05) is 31.2 Å². The molecular weight excluding hydrogens is 373 g/mol. The van der Waals surface area contributed by atoms with E-state index in [9.17, 15) is 18.0 Å². The second-order valence-corrected chi connectivity index (χ2v) is 7.06. The van der Waals surface area contributed by atoms with E-state index >= 15 is 0 Å². The molecular formula is C20H17F3N2OS. The molecule has 3 aromatic rings. The average Bonchev–Trinajstić information content (AvgIpc) is 3.12. The number of nitrogens with zero attached hydrogens (tertiary/aromatic N) is 2. The van der Waals surface area contributed by atoms with Crippen LogP contribution in [-0.4, -0.2) is 22.8 Å². The second kappa shape index (κ2) is 7.52. The van der Waals surface area contributed by atoms with Gasteiger partial charge in [-0.2, -0.15) is 13.2 Å². The van der Waals surface area contributed by atoms with Crippen LogP contribution in [0, 0.1) is 6.92 Å². The van der Waals surface area contributed by atoms with E-state index in [2.05, 4.69) is 4.98 Å². The van der Waals surface area contributed by atoms with Gasteiger partial charge >= 0.3 is 6.18 Å². The van der Waals surface area contributed by atoms with Crippen LogP contribution < -0.4 is 0 Å². The Morgan fingerprint density at radius 3 is 2.59 bits per heavy atom. The van der Waals surface area contributed by atoms with Gasteiger partial charge in [-0.3, -0.25) is 4.79 Å². The van der Waals surface area contributed by atoms with Crippen LogP contribution in [0.5, 0.6) is 0 Å². The topological polar surface area (TPSA) is 33.2 Å². The predicted molar refractivity (Wildman–Crippen MR) is 99.5 cm³/mol. The molecule has 0 fully saturated rings. The highest BCUT2D eigenvalue weighted by atomic mass is 32.1. The van der Waals surface area contributed by atoms with Crippen molar-refractivity contribution in [1.82, 2.24) is 9.88 Å². The van der Waals surface area contributed by atoms with Crippen LogP contribution in [0.25, 0.3) is 10.6 Å². The Morgan fingerprint density at radius 1 is 1.15 bits per heavy atom. The highest BCUT2D eigenvalue weighted by Gasteiger charge is 2.30. The fourth-order valence-electron chi connectivity index (χ4n) is 2.64. The zero-order chi connectivity index (χ0) is 19.6. The Labute approximate surface area is 159 Å². The molecule has 0 saturated carbocycles. The summed E-state index contributed by atoms with van der Waals surface area (Å²) in [5.41, 5.74) is 1.94. The minimum atomic E-state index is -4.42. The Bertz CT molecular complexity index is 966. The van der Waals surface area contributed by atoms with Crippen LogP contribution in [0.1, 0.15) is 27.2 Å². The number of amides is 1. The zero-order valence-corrected chi connectivity index (χ0v) is 15.6. The Kier molecular flexibility index (Phi) is 5.32. The van der Waals surface area contributed by atoms with Crippen molar-refractivity contribution in [2.24, 2.45) is 0 Å². The quantitative estimate of drug-likeness (QED) is 0.597. The summed E-state index contributed by atoms with van der Waals surface area (Å²) in [5, 5.41) is 1.96. The van der Waals surface area contributed by atoms with Gasteiger partial charge in [0.15, 0.2) is 0 Å². The molecule has 0 aliphatic carbocycles. The molecule has 0 N–H and O–H groups in total. The third-order valence-corrected chi connectivity index (χ3v) is 5.07. The summed E-state index contributed by atoms with van der Waals surface area (Å²) in [6.45, 7) is 2.41. The molecule has 0 atom stereocenters. The first-order valence-corrected chi connectivity index (χ1v) is 9.07. The average molecular weight is 390 g/mol. The van der Waals surface area contributed by atoms with E-state index in [1.54, 1.807) is 23.4 Å². The Balaban J connectivity index is 1.79. The van der Waals surface area contributed by atoms with E-state index < -0.39 is 11.7 Å². The van der Waals surface area contributed by atoms with Gasteiger partial charge in [0, 0.05) is 24.5 Å². The Morgan fingerprint density at radius 2 is 1.89 bits per heavy atom. The molecule has 0 saturated heterocycles. The predicted octanol–water partition coefficient (Wildman–Crippen LogP) is 5.41. The summed E-state index contributed by atoms with van der Waals surface area (Å²) in [6, 6.07) is 12.7. The summed E-state index contributed by atoms with van der Waals surface area (Å²) in [4.78, 5) is 18.4. The van der Waals surface area contributed by atoms with Gasteiger partial charge in [-0.25, -0.2) is 4.98 Å². The van der Waals surface area contributed by atoms with E-state index in [0.29, 0.717) is 17.1 Å². The number of aryl methyl sites for hydroxylation is 1. The highest BCUT2D eigenvalue weighted by molar-refractivity contribution is 7.13. The minimum absolute atomic E-state index is 0.225. The molecule has 27 heavy (non-hydrogen) atoms. The second-order valence-electron chi connectivity index (χ2n) is 6.20. The maximum absolute atomic E-state index is 12.9. The number of halogens is 3. The van der Waals surface area contributed by atoms with Crippen LogP contribution in [0.4, 0.5) is 13.2 Å². The number of thiazole rings is 1. The molecule has 2 aromatic carbocycles. The van der Waals surface area contributed by atoms with Gasteiger partial charge in [-0.15, -0.1) is 11.3 Å². The molecule has 1 heterocycles. The van der Waals surface area contributed by atoms with Crippen molar-refractivity contribution < 1.29 is 18.0 Å². The number of carbonyl (C=O) groups is 1. The van der Waals surface area contributed by atoms with Crippen molar-refractivity contribution in [2.45, 2.75) is 19.6 Å². The van der Waals surface area contributed by atoms with E-state index in [1.165, 1.54) is 6.07 Å². The third kappa shape index (κ3) is 4.36. The van der Waals surface area contributed by atoms with Gasteiger partial charge in [0.25, 0.3) is 5.91 Å². The van der Waals surface area contributed by atoms with Crippen molar-refractivity contribution in [2.75, 3.05) is 7.05 Å². The van der Waals surface area contributed by atoms with E-state index in [0.717, 1.165) is 34.6 Å². The van der Waals surface area contributed by atoms with Gasteiger partial charge in [-0.05, 0) is 30.2 Å². The summed E-state index contributed by atoms with van der Waals surface area (Å²) in [5.74, 6) is -0.271. The molecule has 0 bridgehead atoms. The van der Waals surface area contributed by atoms with Gasteiger partial charge < -0.3 is 4.90 Å². The van der Waals surface area contributed by atoms with Crippen molar-refractivity contribution >= 4 is 17.2 Å². The van der Waals surface area contributed by atoms with Crippen molar-refractivity contribution in [3.8, 4) is 10.6 Å². The van der Waals surface area contributed by atoms with Crippen molar-refractivity contribution in [1.29, 1.82) is 0 Å². The molecule has 7 heteroatoms. The van der Waals surface area contributed by atoms with E-state index in [4.69, 9.17) is 0 Å². The summed E-state index contributed by atoms with van der Waals surface area (Å²) in [6.07, 6.45) is -4.42. The van der Waals surface area contributed by atoms with E-state index in [-0.39, 0.29) is 11.6 Å². The summed E-state index contributed by atoms with van der Waals surface area (Å²) >= 11 is 1.15. The lowest BCUT2D eigenvalue weighted by Crippen LogP contribution is -2.26. The van der Waals surface area contributed by atoms with Crippen LogP contribution in [0.3, 0.4) is 0 Å². The van der Waals surface area contributed by atoms with Crippen LogP contribution in [-0.2, 0) is 12.7 Å². The number of benzene rings is 2. The first-order chi connectivity index (χ1) is 12.8. The molecule has 0 radical (unpaired) electrons. The van der Waals surface area contributed by atoms with Crippen LogP contribution in [0.15, 0.2) is 53.9 Å². The van der Waals surface area contributed by atoms with Gasteiger partial charge in [-0.1, -0.05) is 36.4 Å². The number of hydrogen-bond acceptors (Lipinski definition) is 3. The molecule has 0 aliphatic rings. The number of carbonyl (C=O) groups excluding carboxylic acids is 1. The highest BCUT2D eigenvalue weighted by Crippen LogP contribution is 2.33. The SMILES string of the molecule is Cc1ccccc1CN(C)C(=O)c1csc(-c2cccc(C(F)(F)F)c2)n1. The van der Waals surface area contributed by atoms with Crippen molar-refractivity contribution in [3.05, 3.63) is 76.3 Å². The molecule has 140 valence electrons. The first-order valence-electron chi connectivity index (χ1n) is 8.19. The van der Waals surface area contributed by atoms with Crippen LogP contribution >= 0.6 is 11.3 Å². The smallest absolute Gasteiger partial charge is 0.336 e. The number of hydrogen-bond donors (Lipinski definition) is 0. The largest absolute Gasteiger partial charge is 0.416 e. The Hall–Kier alpha value is -2.67. The zero-order valence-electron chi connectivity index (χ0n) is 14.7. The molecule has 3 nitrogen and oxygen atoms in total. The number of alkyl halides is 3. The normalized spacial score (nSPS) is 11.4. The van der Waals surface area contributed by atoms with Gasteiger partial charge in [0.2, 0.25) is 0 Å². The maximum atomic E-state index is 12.9. The lowest BCUT2D eigenvalue weighted by molar-refractivity contribution is -0.137. The third-order valence-electron chi connectivity index (χ3n) is 4.18. The van der Waals surface area contributed by atoms with Gasteiger partial charge in [0.1, 0.15) is 10.7 Å². The standard InChI is InChI=1S/C20H17F3N2OS/c1-13-6-3-4-7-15(13)11-25(2)19(26)17-12-27-18(24-17)14-8-5-9-16(10-14)20(21,22)23/h3-10,12H,11H2,1-2H3. The minimum Gasteiger partial charge on any atom is -0.336 e. The maximum Gasteiger partial charge on any atom is 0.416 e. The molecule has 1 aromatic heterocycles. The van der Waals surface area contributed by atoms with Crippen molar-refractivity contribution in [3.63, 3.8) is 0 Å². The molecule has 1 amide bonds. The number of rotatable bonds is 4. The number of aromatic nitrogens is 1. The monoisotopic (exact) mass is 390 g/mol. The first kappa shape index (κ1) is 19.1. The lowest BCUT2D eigenvalue weighted by atomic mass is 10.1. The fraction of sp³-hybridized carbons (Fsp3) is 0.200. The fourth-order valence-corrected chi connectivity index (χ4v) is 3.43. The van der Waals surface area contributed by atoms with Gasteiger partial charge in [0.05, 0.1) is 5.56 Å². The lowest BCUT2D eigenvalue weighted by Gasteiger charge is -2.17. The molecule has 0 aliphatic heterocycles. The summed E-state index contributed by atoms with van der Waals surface area (Å²) in [7, 11) is 1.68. The summed E-state index contributed by atoms with van der Waals surface area (Å²) < 4.78 is 38.7. The molecule has 0 unspecified atom stereocenters. The molecule has 0 spiro atoms.